The number of rotatable bonds is 5. The predicted octanol–water partition coefficient (Wildman–Crippen LogP) is -0.196. The Morgan fingerprint density at radius 3 is 2.88 bits per heavy atom. The summed E-state index contributed by atoms with van der Waals surface area (Å²) in [5.41, 5.74) is 5.84. The van der Waals surface area contributed by atoms with E-state index in [9.17, 15) is 9.59 Å². The van der Waals surface area contributed by atoms with E-state index in [0.29, 0.717) is 19.5 Å². The molecule has 2 atom stereocenters. The SMILES string of the molecule is CSCC[C@@H](N)C(=O)N1CCC(NC(C)=O)C1. The lowest BCUT2D eigenvalue weighted by Crippen LogP contribution is -2.44. The van der Waals surface area contributed by atoms with Crippen molar-refractivity contribution in [3.8, 4) is 0 Å². The highest BCUT2D eigenvalue weighted by molar-refractivity contribution is 7.98. The van der Waals surface area contributed by atoms with Crippen LogP contribution in [0.15, 0.2) is 0 Å². The average molecular weight is 259 g/mol. The normalized spacial score (nSPS) is 21.4. The Morgan fingerprint density at radius 2 is 2.29 bits per heavy atom. The molecule has 1 saturated heterocycles. The lowest BCUT2D eigenvalue weighted by molar-refractivity contribution is -0.131. The van der Waals surface area contributed by atoms with Crippen LogP contribution in [0.1, 0.15) is 19.8 Å². The van der Waals surface area contributed by atoms with Gasteiger partial charge < -0.3 is 16.0 Å². The van der Waals surface area contributed by atoms with Crippen LogP contribution in [0, 0.1) is 0 Å². The first kappa shape index (κ1) is 14.3. The number of nitrogens with two attached hydrogens (primary N) is 1. The van der Waals surface area contributed by atoms with Crippen LogP contribution < -0.4 is 11.1 Å². The highest BCUT2D eigenvalue weighted by atomic mass is 32.2. The Kier molecular flexibility index (Phi) is 5.77. The minimum absolute atomic E-state index is 0.00639. The summed E-state index contributed by atoms with van der Waals surface area (Å²) < 4.78 is 0. The first-order valence-corrected chi connectivity index (χ1v) is 7.24. The molecule has 2 amide bonds. The minimum atomic E-state index is -0.404. The van der Waals surface area contributed by atoms with Crippen molar-refractivity contribution in [2.45, 2.75) is 31.8 Å². The summed E-state index contributed by atoms with van der Waals surface area (Å²) in [6.45, 7) is 2.77. The van der Waals surface area contributed by atoms with Crippen LogP contribution in [0.2, 0.25) is 0 Å². The molecule has 0 bridgehead atoms. The minimum Gasteiger partial charge on any atom is -0.352 e. The fourth-order valence-electron chi connectivity index (χ4n) is 1.97. The van der Waals surface area contributed by atoms with E-state index in [4.69, 9.17) is 5.73 Å². The van der Waals surface area contributed by atoms with E-state index in [1.165, 1.54) is 6.92 Å². The van der Waals surface area contributed by atoms with E-state index in [1.807, 2.05) is 6.26 Å². The smallest absolute Gasteiger partial charge is 0.239 e. The molecule has 98 valence electrons. The second-order valence-electron chi connectivity index (χ2n) is 4.36. The molecule has 1 heterocycles. The van der Waals surface area contributed by atoms with Crippen LogP contribution in [0.3, 0.4) is 0 Å². The van der Waals surface area contributed by atoms with Gasteiger partial charge in [0.1, 0.15) is 0 Å². The number of hydrogen-bond donors (Lipinski definition) is 2. The van der Waals surface area contributed by atoms with Gasteiger partial charge in [-0.05, 0) is 24.9 Å². The maximum absolute atomic E-state index is 12.0. The van der Waals surface area contributed by atoms with Crippen molar-refractivity contribution in [3.63, 3.8) is 0 Å². The van der Waals surface area contributed by atoms with Crippen LogP contribution >= 0.6 is 11.8 Å². The van der Waals surface area contributed by atoms with Crippen molar-refractivity contribution >= 4 is 23.6 Å². The number of likely N-dealkylation sites (tertiary alicyclic amines) is 1. The zero-order valence-corrected chi connectivity index (χ0v) is 11.3. The fraction of sp³-hybridized carbons (Fsp3) is 0.818. The van der Waals surface area contributed by atoms with Gasteiger partial charge in [0, 0.05) is 26.1 Å². The van der Waals surface area contributed by atoms with Crippen molar-refractivity contribution in [1.29, 1.82) is 0 Å². The van der Waals surface area contributed by atoms with Gasteiger partial charge in [0.25, 0.3) is 0 Å². The van der Waals surface area contributed by atoms with E-state index < -0.39 is 6.04 Å². The van der Waals surface area contributed by atoms with Gasteiger partial charge >= 0.3 is 0 Å². The average Bonchev–Trinajstić information content (AvgIpc) is 2.72. The summed E-state index contributed by atoms with van der Waals surface area (Å²) in [5.74, 6) is 0.860. The summed E-state index contributed by atoms with van der Waals surface area (Å²) >= 11 is 1.69. The Hall–Kier alpha value is -0.750. The first-order valence-electron chi connectivity index (χ1n) is 5.85. The molecule has 0 saturated carbocycles. The van der Waals surface area contributed by atoms with Crippen LogP contribution in [-0.2, 0) is 9.59 Å². The number of carbonyl (C=O) groups excluding carboxylic acids is 2. The summed E-state index contributed by atoms with van der Waals surface area (Å²) in [4.78, 5) is 24.6. The number of thioether (sulfide) groups is 1. The molecule has 1 unspecified atom stereocenters. The van der Waals surface area contributed by atoms with Gasteiger partial charge in [0.05, 0.1) is 6.04 Å². The second-order valence-corrected chi connectivity index (χ2v) is 5.34. The first-order chi connectivity index (χ1) is 8.04. The lowest BCUT2D eigenvalue weighted by Gasteiger charge is -2.20. The Bertz CT molecular complexity index is 286. The summed E-state index contributed by atoms with van der Waals surface area (Å²) in [7, 11) is 0. The maximum Gasteiger partial charge on any atom is 0.239 e. The monoisotopic (exact) mass is 259 g/mol. The highest BCUT2D eigenvalue weighted by Gasteiger charge is 2.29. The molecule has 0 aromatic carbocycles. The highest BCUT2D eigenvalue weighted by Crippen LogP contribution is 2.11. The molecule has 1 rings (SSSR count). The largest absolute Gasteiger partial charge is 0.352 e. The van der Waals surface area contributed by atoms with Gasteiger partial charge in [-0.2, -0.15) is 11.8 Å². The van der Waals surface area contributed by atoms with Crippen LogP contribution in [0.4, 0.5) is 0 Å². The molecule has 5 nitrogen and oxygen atoms in total. The maximum atomic E-state index is 12.0. The number of hydrogen-bond acceptors (Lipinski definition) is 4. The molecule has 0 radical (unpaired) electrons. The standard InChI is InChI=1S/C11H21N3O2S/c1-8(15)13-9-3-5-14(7-9)11(16)10(12)4-6-17-2/h9-10H,3-7,12H2,1-2H3,(H,13,15)/t9?,10-/m1/s1. The van der Waals surface area contributed by atoms with Crippen molar-refractivity contribution < 1.29 is 9.59 Å². The van der Waals surface area contributed by atoms with E-state index in [-0.39, 0.29) is 17.9 Å². The van der Waals surface area contributed by atoms with Crippen molar-refractivity contribution in [2.75, 3.05) is 25.1 Å². The van der Waals surface area contributed by atoms with Crippen molar-refractivity contribution in [3.05, 3.63) is 0 Å². The lowest BCUT2D eigenvalue weighted by atomic mass is 10.2. The molecular weight excluding hydrogens is 238 g/mol. The molecular formula is C11H21N3O2S. The van der Waals surface area contributed by atoms with Gasteiger partial charge in [-0.15, -0.1) is 0 Å². The van der Waals surface area contributed by atoms with E-state index in [2.05, 4.69) is 5.32 Å². The zero-order valence-electron chi connectivity index (χ0n) is 10.4. The molecule has 0 spiro atoms. The predicted molar refractivity (Wildman–Crippen MR) is 69.8 cm³/mol. The van der Waals surface area contributed by atoms with Crippen LogP contribution in [0.25, 0.3) is 0 Å². The van der Waals surface area contributed by atoms with Gasteiger partial charge in [0.2, 0.25) is 11.8 Å². The third kappa shape index (κ3) is 4.55. The Labute approximate surface area is 106 Å². The molecule has 0 aliphatic carbocycles. The molecule has 6 heteroatoms. The fourth-order valence-corrected chi connectivity index (χ4v) is 2.46. The molecule has 0 aromatic heterocycles. The molecule has 0 aromatic rings. The van der Waals surface area contributed by atoms with Crippen LogP contribution in [0.5, 0.6) is 0 Å². The van der Waals surface area contributed by atoms with E-state index in [0.717, 1.165) is 12.2 Å². The van der Waals surface area contributed by atoms with E-state index in [1.54, 1.807) is 16.7 Å². The topological polar surface area (TPSA) is 75.4 Å². The van der Waals surface area contributed by atoms with Crippen molar-refractivity contribution in [2.24, 2.45) is 5.73 Å². The number of nitrogens with zero attached hydrogens (tertiary/aromatic N) is 1. The number of amides is 2. The third-order valence-electron chi connectivity index (χ3n) is 2.86. The number of nitrogens with one attached hydrogen (secondary N) is 1. The van der Waals surface area contributed by atoms with E-state index >= 15 is 0 Å². The molecule has 1 fully saturated rings. The third-order valence-corrected chi connectivity index (χ3v) is 3.50. The molecule has 1 aliphatic heterocycles. The van der Waals surface area contributed by atoms with Gasteiger partial charge in [0.15, 0.2) is 0 Å². The quantitative estimate of drug-likeness (QED) is 0.717. The van der Waals surface area contributed by atoms with Crippen LogP contribution in [-0.4, -0.2) is 53.9 Å². The van der Waals surface area contributed by atoms with Gasteiger partial charge in [-0.25, -0.2) is 0 Å². The Morgan fingerprint density at radius 1 is 1.59 bits per heavy atom. The second kappa shape index (κ2) is 6.86. The molecule has 1 aliphatic rings. The number of carbonyl (C=O) groups is 2. The molecule has 17 heavy (non-hydrogen) atoms. The van der Waals surface area contributed by atoms with Crippen molar-refractivity contribution in [1.82, 2.24) is 10.2 Å². The van der Waals surface area contributed by atoms with Gasteiger partial charge in [-0.3, -0.25) is 9.59 Å². The summed E-state index contributed by atoms with van der Waals surface area (Å²) in [6, 6.07) is -0.317. The summed E-state index contributed by atoms with van der Waals surface area (Å²) in [5, 5.41) is 2.83. The van der Waals surface area contributed by atoms with Gasteiger partial charge in [-0.1, -0.05) is 0 Å². The Balaban J connectivity index is 2.36. The summed E-state index contributed by atoms with van der Waals surface area (Å²) in [6.07, 6.45) is 3.53. The zero-order chi connectivity index (χ0) is 12.8. The molecule has 3 N–H and O–H groups in total.